The highest BCUT2D eigenvalue weighted by Crippen LogP contribution is 2.19. The molecule has 4 heteroatoms. The smallest absolute Gasteiger partial charge is 0.235 e. The minimum absolute atomic E-state index is 0.192. The van der Waals surface area contributed by atoms with E-state index in [1.165, 1.54) is 77.0 Å². The van der Waals surface area contributed by atoms with Crippen molar-refractivity contribution >= 4 is 11.3 Å². The fourth-order valence-electron chi connectivity index (χ4n) is 3.44. The lowest BCUT2D eigenvalue weighted by molar-refractivity contribution is 0.239. The second-order valence-electron chi connectivity index (χ2n) is 7.40. The molecule has 3 atom stereocenters. The van der Waals surface area contributed by atoms with E-state index in [-0.39, 0.29) is 12.1 Å². The topological polar surface area (TPSA) is 40.5 Å². The standard InChI is InChI=1S/C20H43NO2S/c1-5-7-9-11-13-15-17-19(3)21(24(22)23)20(4)18-16-14-12-10-8-6-2/h19-20H,5-18H2,1-4H3,(H,22,23). The molecule has 0 aliphatic heterocycles. The maximum atomic E-state index is 11.8. The molecule has 0 aromatic heterocycles. The van der Waals surface area contributed by atoms with Crippen LogP contribution in [0.25, 0.3) is 0 Å². The lowest BCUT2D eigenvalue weighted by Crippen LogP contribution is -2.41. The van der Waals surface area contributed by atoms with E-state index in [2.05, 4.69) is 27.7 Å². The molecule has 0 saturated heterocycles. The van der Waals surface area contributed by atoms with Crippen molar-refractivity contribution in [2.45, 2.75) is 130 Å². The third-order valence-corrected chi connectivity index (χ3v) is 6.08. The van der Waals surface area contributed by atoms with E-state index >= 15 is 0 Å². The first kappa shape index (κ1) is 24.1. The molecule has 0 amide bonds. The van der Waals surface area contributed by atoms with Crippen LogP contribution in [0.1, 0.15) is 118 Å². The van der Waals surface area contributed by atoms with Crippen LogP contribution in [0, 0.1) is 0 Å². The van der Waals surface area contributed by atoms with E-state index < -0.39 is 11.3 Å². The van der Waals surface area contributed by atoms with Gasteiger partial charge in [-0.15, -0.1) is 0 Å². The Hall–Kier alpha value is 0.0700. The first-order valence-electron chi connectivity index (χ1n) is 10.4. The van der Waals surface area contributed by atoms with Crippen LogP contribution in [-0.4, -0.2) is 25.2 Å². The summed E-state index contributed by atoms with van der Waals surface area (Å²) in [5.74, 6) is 0. The summed E-state index contributed by atoms with van der Waals surface area (Å²) in [5.41, 5.74) is 0. The quantitative estimate of drug-likeness (QED) is 0.231. The molecule has 146 valence electrons. The van der Waals surface area contributed by atoms with E-state index in [9.17, 15) is 8.76 Å². The Labute approximate surface area is 154 Å². The highest BCUT2D eigenvalue weighted by Gasteiger charge is 2.24. The molecule has 0 rings (SSSR count). The van der Waals surface area contributed by atoms with Crippen LogP contribution < -0.4 is 0 Å². The molecule has 0 aromatic rings. The lowest BCUT2D eigenvalue weighted by Gasteiger charge is -2.31. The van der Waals surface area contributed by atoms with Gasteiger partial charge in [-0.3, -0.25) is 4.55 Å². The number of unbranched alkanes of at least 4 members (excludes halogenated alkanes) is 10. The maximum Gasteiger partial charge on any atom is 0.235 e. The average molecular weight is 362 g/mol. The summed E-state index contributed by atoms with van der Waals surface area (Å²) in [6, 6.07) is 0.384. The fraction of sp³-hybridized carbons (Fsp3) is 1.00. The van der Waals surface area contributed by atoms with Gasteiger partial charge in [-0.05, 0) is 26.7 Å². The second kappa shape index (κ2) is 16.5. The molecule has 24 heavy (non-hydrogen) atoms. The van der Waals surface area contributed by atoms with Crippen molar-refractivity contribution in [2.75, 3.05) is 0 Å². The van der Waals surface area contributed by atoms with Gasteiger partial charge >= 0.3 is 0 Å². The van der Waals surface area contributed by atoms with Crippen molar-refractivity contribution in [2.24, 2.45) is 0 Å². The SMILES string of the molecule is CCCCCCCCC(C)N(C(C)CCCCCCCC)S(=O)O. The second-order valence-corrected chi connectivity index (χ2v) is 8.28. The van der Waals surface area contributed by atoms with Gasteiger partial charge in [0, 0.05) is 12.1 Å². The monoisotopic (exact) mass is 361 g/mol. The Morgan fingerprint density at radius 3 is 1.38 bits per heavy atom. The van der Waals surface area contributed by atoms with Crippen LogP contribution in [-0.2, 0) is 11.3 Å². The Morgan fingerprint density at radius 2 is 1.04 bits per heavy atom. The molecule has 0 heterocycles. The zero-order chi connectivity index (χ0) is 18.2. The predicted octanol–water partition coefficient (Wildman–Crippen LogP) is 6.70. The average Bonchev–Trinajstić information content (AvgIpc) is 2.53. The normalized spacial score (nSPS) is 15.6. The molecule has 1 N–H and O–H groups in total. The Balaban J connectivity index is 4.00. The van der Waals surface area contributed by atoms with Gasteiger partial charge in [-0.25, -0.2) is 4.21 Å². The molecule has 0 saturated carbocycles. The summed E-state index contributed by atoms with van der Waals surface area (Å²) in [5, 5.41) is 0. The van der Waals surface area contributed by atoms with Crippen LogP contribution >= 0.6 is 0 Å². The van der Waals surface area contributed by atoms with Crippen molar-refractivity contribution in [1.29, 1.82) is 0 Å². The van der Waals surface area contributed by atoms with Gasteiger partial charge in [0.2, 0.25) is 11.3 Å². The van der Waals surface area contributed by atoms with Crippen molar-refractivity contribution in [1.82, 2.24) is 4.31 Å². The fourth-order valence-corrected chi connectivity index (χ4v) is 4.26. The number of hydrogen-bond acceptors (Lipinski definition) is 1. The summed E-state index contributed by atoms with van der Waals surface area (Å²) in [4.78, 5) is 0. The Morgan fingerprint density at radius 1 is 0.708 bits per heavy atom. The Kier molecular flexibility index (Phi) is 16.6. The van der Waals surface area contributed by atoms with Crippen LogP contribution in [0.2, 0.25) is 0 Å². The lowest BCUT2D eigenvalue weighted by atomic mass is 10.0. The third kappa shape index (κ3) is 12.4. The zero-order valence-corrected chi connectivity index (χ0v) is 17.6. The third-order valence-electron chi connectivity index (χ3n) is 5.00. The van der Waals surface area contributed by atoms with Crippen LogP contribution in [0.3, 0.4) is 0 Å². The molecule has 0 bridgehead atoms. The molecule has 0 spiro atoms. The van der Waals surface area contributed by atoms with Crippen molar-refractivity contribution in [3.63, 3.8) is 0 Å². The van der Waals surface area contributed by atoms with Gasteiger partial charge in [-0.2, -0.15) is 4.31 Å². The van der Waals surface area contributed by atoms with Crippen LogP contribution in [0.4, 0.5) is 0 Å². The van der Waals surface area contributed by atoms with Gasteiger partial charge in [0.1, 0.15) is 0 Å². The number of hydrogen-bond donors (Lipinski definition) is 1. The maximum absolute atomic E-state index is 11.8. The largest absolute Gasteiger partial charge is 0.294 e. The number of nitrogens with zero attached hydrogens (tertiary/aromatic N) is 1. The molecular formula is C20H43NO2S. The van der Waals surface area contributed by atoms with E-state index in [4.69, 9.17) is 0 Å². The molecule has 0 fully saturated rings. The Bertz CT molecular complexity index is 277. The van der Waals surface area contributed by atoms with Gasteiger partial charge < -0.3 is 0 Å². The van der Waals surface area contributed by atoms with Crippen LogP contribution in [0.5, 0.6) is 0 Å². The predicted molar refractivity (Wildman–Crippen MR) is 108 cm³/mol. The van der Waals surface area contributed by atoms with Gasteiger partial charge in [0.15, 0.2) is 0 Å². The highest BCUT2D eigenvalue weighted by atomic mass is 32.2. The minimum atomic E-state index is -1.85. The number of rotatable bonds is 17. The van der Waals surface area contributed by atoms with E-state index in [1.54, 1.807) is 0 Å². The molecule has 0 aromatic carbocycles. The summed E-state index contributed by atoms with van der Waals surface area (Å²) in [7, 11) is 0. The van der Waals surface area contributed by atoms with Gasteiger partial charge in [0.25, 0.3) is 0 Å². The first-order valence-corrected chi connectivity index (χ1v) is 11.5. The van der Waals surface area contributed by atoms with E-state index in [1.807, 2.05) is 4.31 Å². The summed E-state index contributed by atoms with van der Waals surface area (Å²) in [6.45, 7) is 8.69. The molecule has 0 aliphatic carbocycles. The first-order chi connectivity index (χ1) is 11.5. The minimum Gasteiger partial charge on any atom is -0.294 e. The van der Waals surface area contributed by atoms with Crippen molar-refractivity contribution in [3.05, 3.63) is 0 Å². The van der Waals surface area contributed by atoms with E-state index in [0.717, 1.165) is 12.8 Å². The molecule has 3 nitrogen and oxygen atoms in total. The zero-order valence-electron chi connectivity index (χ0n) is 16.8. The van der Waals surface area contributed by atoms with Gasteiger partial charge in [0.05, 0.1) is 0 Å². The van der Waals surface area contributed by atoms with Gasteiger partial charge in [-0.1, -0.05) is 90.9 Å². The molecule has 3 unspecified atom stereocenters. The molecular weight excluding hydrogens is 318 g/mol. The van der Waals surface area contributed by atoms with Crippen molar-refractivity contribution in [3.8, 4) is 0 Å². The summed E-state index contributed by atoms with van der Waals surface area (Å²) in [6.07, 6.45) is 17.4. The molecule has 0 radical (unpaired) electrons. The highest BCUT2D eigenvalue weighted by molar-refractivity contribution is 7.76. The van der Waals surface area contributed by atoms with Crippen LogP contribution in [0.15, 0.2) is 0 Å². The molecule has 0 aliphatic rings. The van der Waals surface area contributed by atoms with E-state index in [0.29, 0.717) is 0 Å². The summed E-state index contributed by atoms with van der Waals surface area (Å²) >= 11 is -1.85. The summed E-state index contributed by atoms with van der Waals surface area (Å²) < 4.78 is 23.3. The van der Waals surface area contributed by atoms with Crippen molar-refractivity contribution < 1.29 is 8.76 Å².